The van der Waals surface area contributed by atoms with Crippen LogP contribution in [0.1, 0.15) is 23.6 Å². The lowest BCUT2D eigenvalue weighted by atomic mass is 9.95. The Morgan fingerprint density at radius 3 is 2.80 bits per heavy atom. The Bertz CT molecular complexity index is 856. The van der Waals surface area contributed by atoms with Crippen molar-refractivity contribution in [1.29, 1.82) is 0 Å². The third-order valence-electron chi connectivity index (χ3n) is 4.88. The average molecular weight is 396 g/mol. The summed E-state index contributed by atoms with van der Waals surface area (Å²) in [6.07, 6.45) is 4.99. The number of hydrogen-bond donors (Lipinski definition) is 1. The van der Waals surface area contributed by atoms with Crippen molar-refractivity contribution in [1.82, 2.24) is 15.2 Å². The second-order valence-corrected chi connectivity index (χ2v) is 7.50. The van der Waals surface area contributed by atoms with Crippen LogP contribution in [0.5, 0.6) is 0 Å². The van der Waals surface area contributed by atoms with Gasteiger partial charge < -0.3 is 5.32 Å². The average Bonchev–Trinajstić information content (AvgIpc) is 2.91. The highest BCUT2D eigenvalue weighted by molar-refractivity contribution is 9.10. The first-order chi connectivity index (χ1) is 12.3. The van der Waals surface area contributed by atoms with E-state index in [9.17, 15) is 0 Å². The number of halogens is 1. The molecule has 3 aromatic rings. The molecule has 1 aliphatic heterocycles. The van der Waals surface area contributed by atoms with Crippen LogP contribution < -0.4 is 5.32 Å². The summed E-state index contributed by atoms with van der Waals surface area (Å²) in [7, 11) is 0. The highest BCUT2D eigenvalue weighted by Gasteiger charge is 2.23. The molecule has 1 atom stereocenters. The van der Waals surface area contributed by atoms with Gasteiger partial charge in [-0.3, -0.25) is 9.88 Å². The van der Waals surface area contributed by atoms with Gasteiger partial charge in [0.05, 0.1) is 6.04 Å². The number of nitrogens with one attached hydrogen (secondary N) is 1. The lowest BCUT2D eigenvalue weighted by Gasteiger charge is -2.31. The van der Waals surface area contributed by atoms with Gasteiger partial charge in [-0.15, -0.1) is 0 Å². The van der Waals surface area contributed by atoms with Crippen LogP contribution in [0.3, 0.4) is 0 Å². The van der Waals surface area contributed by atoms with Crippen LogP contribution in [0.4, 0.5) is 0 Å². The summed E-state index contributed by atoms with van der Waals surface area (Å²) in [5, 5.41) is 5.96. The van der Waals surface area contributed by atoms with Crippen LogP contribution in [-0.2, 0) is 0 Å². The van der Waals surface area contributed by atoms with Gasteiger partial charge in [-0.05, 0) is 53.7 Å². The van der Waals surface area contributed by atoms with Crippen LogP contribution in [0.2, 0.25) is 0 Å². The number of fused-ring (bicyclic) bond motifs is 1. The van der Waals surface area contributed by atoms with Gasteiger partial charge in [-0.2, -0.15) is 0 Å². The molecule has 4 rings (SSSR count). The van der Waals surface area contributed by atoms with Gasteiger partial charge in [0.15, 0.2) is 0 Å². The number of benzene rings is 2. The highest BCUT2D eigenvalue weighted by Crippen LogP contribution is 2.32. The largest absolute Gasteiger partial charge is 0.315 e. The summed E-state index contributed by atoms with van der Waals surface area (Å²) in [5.74, 6) is 0. The fourth-order valence-electron chi connectivity index (χ4n) is 3.69. The van der Waals surface area contributed by atoms with Gasteiger partial charge in [0.25, 0.3) is 0 Å². The summed E-state index contributed by atoms with van der Waals surface area (Å²) in [6.45, 7) is 4.32. The lowest BCUT2D eigenvalue weighted by Crippen LogP contribution is -2.33. The predicted octanol–water partition coefficient (Wildman–Crippen LogP) is 4.38. The van der Waals surface area contributed by atoms with E-state index in [2.05, 4.69) is 79.7 Å². The van der Waals surface area contributed by atoms with Crippen LogP contribution in [0.15, 0.2) is 65.4 Å². The van der Waals surface area contributed by atoms with Gasteiger partial charge in [0.1, 0.15) is 0 Å². The van der Waals surface area contributed by atoms with Crippen molar-refractivity contribution < 1.29 is 0 Å². The molecular formula is C21H22BrN3. The molecule has 2 aromatic carbocycles. The standard InChI is InChI=1S/C21H22BrN3/c22-20-4-1-3-17(14-20)21(25-11-2-8-23-10-12-25)18-5-6-19-15-24-9-7-16(19)13-18/h1,3-7,9,13-15,21,23H,2,8,10-12H2. The van der Waals surface area contributed by atoms with Gasteiger partial charge in [-0.1, -0.05) is 40.2 Å². The molecule has 3 nitrogen and oxygen atoms in total. The monoisotopic (exact) mass is 395 g/mol. The SMILES string of the molecule is Brc1cccc(C(c2ccc3cnccc3c2)N2CCCNCC2)c1. The van der Waals surface area contributed by atoms with E-state index in [0.717, 1.165) is 30.7 Å². The first kappa shape index (κ1) is 16.7. The molecule has 0 bridgehead atoms. The Balaban J connectivity index is 1.80. The van der Waals surface area contributed by atoms with Gasteiger partial charge >= 0.3 is 0 Å². The quantitative estimate of drug-likeness (QED) is 0.712. The Morgan fingerprint density at radius 1 is 0.960 bits per heavy atom. The van der Waals surface area contributed by atoms with Crippen molar-refractivity contribution >= 4 is 26.7 Å². The predicted molar refractivity (Wildman–Crippen MR) is 107 cm³/mol. The Morgan fingerprint density at radius 2 is 1.88 bits per heavy atom. The first-order valence-corrected chi connectivity index (χ1v) is 9.64. The van der Waals surface area contributed by atoms with Gasteiger partial charge in [0, 0.05) is 41.9 Å². The smallest absolute Gasteiger partial charge is 0.0602 e. The van der Waals surface area contributed by atoms with E-state index in [1.54, 1.807) is 0 Å². The molecule has 25 heavy (non-hydrogen) atoms. The van der Waals surface area contributed by atoms with E-state index >= 15 is 0 Å². The molecule has 0 radical (unpaired) electrons. The van der Waals surface area contributed by atoms with Gasteiger partial charge in [0.2, 0.25) is 0 Å². The van der Waals surface area contributed by atoms with Crippen LogP contribution in [0, 0.1) is 0 Å². The normalized spacial score (nSPS) is 17.3. The molecule has 1 saturated heterocycles. The van der Waals surface area contributed by atoms with Crippen molar-refractivity contribution in [3.8, 4) is 0 Å². The zero-order chi connectivity index (χ0) is 17.1. The first-order valence-electron chi connectivity index (χ1n) is 8.85. The summed E-state index contributed by atoms with van der Waals surface area (Å²) >= 11 is 3.64. The fraction of sp³-hybridized carbons (Fsp3) is 0.286. The van der Waals surface area contributed by atoms with Crippen molar-refractivity contribution in [2.75, 3.05) is 26.2 Å². The molecular weight excluding hydrogens is 374 g/mol. The highest BCUT2D eigenvalue weighted by atomic mass is 79.9. The number of hydrogen-bond acceptors (Lipinski definition) is 3. The molecule has 2 heterocycles. The molecule has 1 aromatic heterocycles. The van der Waals surface area contributed by atoms with E-state index in [-0.39, 0.29) is 6.04 Å². The van der Waals surface area contributed by atoms with Crippen LogP contribution in [-0.4, -0.2) is 36.1 Å². The second-order valence-electron chi connectivity index (χ2n) is 6.58. The number of aromatic nitrogens is 1. The minimum absolute atomic E-state index is 0.273. The third kappa shape index (κ3) is 3.76. The topological polar surface area (TPSA) is 28.2 Å². The molecule has 0 aliphatic carbocycles. The minimum atomic E-state index is 0.273. The Hall–Kier alpha value is -1.75. The molecule has 0 amide bonds. The number of rotatable bonds is 3. The third-order valence-corrected chi connectivity index (χ3v) is 5.38. The van der Waals surface area contributed by atoms with Crippen molar-refractivity contribution in [2.45, 2.75) is 12.5 Å². The zero-order valence-corrected chi connectivity index (χ0v) is 15.7. The molecule has 4 heteroatoms. The summed E-state index contributed by atoms with van der Waals surface area (Å²) in [6, 6.07) is 17.9. The lowest BCUT2D eigenvalue weighted by molar-refractivity contribution is 0.241. The minimum Gasteiger partial charge on any atom is -0.315 e. The molecule has 0 spiro atoms. The molecule has 1 unspecified atom stereocenters. The zero-order valence-electron chi connectivity index (χ0n) is 14.2. The number of pyridine rings is 1. The van der Waals surface area contributed by atoms with Gasteiger partial charge in [-0.25, -0.2) is 0 Å². The maximum absolute atomic E-state index is 4.23. The fourth-order valence-corrected chi connectivity index (χ4v) is 4.10. The maximum Gasteiger partial charge on any atom is 0.0602 e. The molecule has 128 valence electrons. The Labute approximate surface area is 157 Å². The second kappa shape index (κ2) is 7.65. The van der Waals surface area contributed by atoms with E-state index < -0.39 is 0 Å². The van der Waals surface area contributed by atoms with Crippen molar-refractivity contribution in [2.24, 2.45) is 0 Å². The molecule has 1 aliphatic rings. The molecule has 1 N–H and O–H groups in total. The van der Waals surface area contributed by atoms with Crippen LogP contribution in [0.25, 0.3) is 10.8 Å². The van der Waals surface area contributed by atoms with Crippen LogP contribution >= 0.6 is 15.9 Å². The summed E-state index contributed by atoms with van der Waals surface area (Å²) in [5.41, 5.74) is 2.68. The van der Waals surface area contributed by atoms with Crippen molar-refractivity contribution in [3.63, 3.8) is 0 Å². The number of nitrogens with zero attached hydrogens (tertiary/aromatic N) is 2. The maximum atomic E-state index is 4.23. The van der Waals surface area contributed by atoms with E-state index in [4.69, 9.17) is 0 Å². The van der Waals surface area contributed by atoms with E-state index in [1.165, 1.54) is 28.3 Å². The van der Waals surface area contributed by atoms with Crippen molar-refractivity contribution in [3.05, 3.63) is 76.5 Å². The summed E-state index contributed by atoms with van der Waals surface area (Å²) < 4.78 is 1.13. The molecule has 0 saturated carbocycles. The van der Waals surface area contributed by atoms with E-state index in [0.29, 0.717) is 0 Å². The summed E-state index contributed by atoms with van der Waals surface area (Å²) in [4.78, 5) is 6.84. The van der Waals surface area contributed by atoms with E-state index in [1.807, 2.05) is 12.4 Å². The molecule has 1 fully saturated rings. The Kier molecular flexibility index (Phi) is 5.11.